The van der Waals surface area contributed by atoms with E-state index >= 15 is 0 Å². The van der Waals surface area contributed by atoms with E-state index < -0.39 is 0 Å². The van der Waals surface area contributed by atoms with Crippen molar-refractivity contribution in [2.75, 3.05) is 18.5 Å². The zero-order chi connectivity index (χ0) is 16.7. The molecule has 1 N–H and O–H groups in total. The van der Waals surface area contributed by atoms with Crippen LogP contribution in [0.2, 0.25) is 5.02 Å². The lowest BCUT2D eigenvalue weighted by Gasteiger charge is -2.13. The standard InChI is InChI=1S/C19H18ClNO3/c1-11-2-3-13(9-16(11)20)21-18(22)10-15-14-5-7-23-17(14)8-12-4-6-24-19(12)15/h2-3,8-9H,4-7,10H2,1H3,(H,21,22). The van der Waals surface area contributed by atoms with Gasteiger partial charge >= 0.3 is 0 Å². The van der Waals surface area contributed by atoms with Crippen LogP contribution in [-0.4, -0.2) is 19.1 Å². The van der Waals surface area contributed by atoms with E-state index in [-0.39, 0.29) is 12.3 Å². The molecule has 0 fully saturated rings. The smallest absolute Gasteiger partial charge is 0.228 e. The van der Waals surface area contributed by atoms with E-state index in [0.29, 0.717) is 23.9 Å². The molecule has 24 heavy (non-hydrogen) atoms. The summed E-state index contributed by atoms with van der Waals surface area (Å²) < 4.78 is 11.5. The first kappa shape index (κ1) is 15.3. The predicted octanol–water partition coefficient (Wildman–Crippen LogP) is 3.70. The molecule has 0 unspecified atom stereocenters. The Morgan fingerprint density at radius 1 is 1.21 bits per heavy atom. The summed E-state index contributed by atoms with van der Waals surface area (Å²) in [7, 11) is 0. The van der Waals surface area contributed by atoms with Crippen LogP contribution in [0.25, 0.3) is 0 Å². The van der Waals surface area contributed by atoms with Gasteiger partial charge in [-0.3, -0.25) is 4.79 Å². The monoisotopic (exact) mass is 343 g/mol. The number of ether oxygens (including phenoxy) is 2. The molecule has 0 spiro atoms. The van der Waals surface area contributed by atoms with Crippen molar-refractivity contribution in [2.45, 2.75) is 26.2 Å². The molecule has 2 aromatic rings. The van der Waals surface area contributed by atoms with Crippen LogP contribution in [0.3, 0.4) is 0 Å². The van der Waals surface area contributed by atoms with E-state index in [1.54, 1.807) is 6.07 Å². The average molecular weight is 344 g/mol. The molecule has 0 atom stereocenters. The van der Waals surface area contributed by atoms with Gasteiger partial charge < -0.3 is 14.8 Å². The van der Waals surface area contributed by atoms with E-state index in [1.807, 2.05) is 19.1 Å². The molecule has 0 radical (unpaired) electrons. The molecule has 2 heterocycles. The van der Waals surface area contributed by atoms with Crippen molar-refractivity contribution in [3.63, 3.8) is 0 Å². The quantitative estimate of drug-likeness (QED) is 0.924. The summed E-state index contributed by atoms with van der Waals surface area (Å²) in [5, 5.41) is 3.57. The number of rotatable bonds is 3. The molecule has 0 saturated carbocycles. The van der Waals surface area contributed by atoms with Gasteiger partial charge in [0.25, 0.3) is 0 Å². The summed E-state index contributed by atoms with van der Waals surface area (Å²) in [6.45, 7) is 3.27. The first-order valence-corrected chi connectivity index (χ1v) is 8.49. The maximum absolute atomic E-state index is 12.5. The summed E-state index contributed by atoms with van der Waals surface area (Å²) in [6, 6.07) is 7.59. The van der Waals surface area contributed by atoms with Gasteiger partial charge in [-0.25, -0.2) is 0 Å². The molecular formula is C19H18ClNO3. The van der Waals surface area contributed by atoms with Gasteiger partial charge in [0.1, 0.15) is 11.5 Å². The van der Waals surface area contributed by atoms with Crippen LogP contribution >= 0.6 is 11.6 Å². The van der Waals surface area contributed by atoms with Gasteiger partial charge in [-0.15, -0.1) is 0 Å². The summed E-state index contributed by atoms with van der Waals surface area (Å²) in [5.74, 6) is 1.70. The zero-order valence-corrected chi connectivity index (χ0v) is 14.2. The molecule has 124 valence electrons. The number of benzene rings is 2. The molecule has 5 heteroatoms. The first-order valence-electron chi connectivity index (χ1n) is 8.11. The maximum Gasteiger partial charge on any atom is 0.228 e. The molecule has 0 saturated heterocycles. The Balaban J connectivity index is 1.59. The van der Waals surface area contributed by atoms with Crippen LogP contribution in [0.4, 0.5) is 5.69 Å². The highest BCUT2D eigenvalue weighted by atomic mass is 35.5. The van der Waals surface area contributed by atoms with Crippen molar-refractivity contribution in [1.82, 2.24) is 0 Å². The Morgan fingerprint density at radius 3 is 2.88 bits per heavy atom. The summed E-state index contributed by atoms with van der Waals surface area (Å²) in [5.41, 5.74) is 4.90. The lowest BCUT2D eigenvalue weighted by atomic mass is 9.97. The third kappa shape index (κ3) is 2.71. The Morgan fingerprint density at radius 2 is 2.04 bits per heavy atom. The number of hydrogen-bond acceptors (Lipinski definition) is 3. The van der Waals surface area contributed by atoms with E-state index in [4.69, 9.17) is 21.1 Å². The van der Waals surface area contributed by atoms with Crippen molar-refractivity contribution >= 4 is 23.2 Å². The largest absolute Gasteiger partial charge is 0.493 e. The van der Waals surface area contributed by atoms with Gasteiger partial charge in [-0.1, -0.05) is 17.7 Å². The highest BCUT2D eigenvalue weighted by Gasteiger charge is 2.27. The number of amides is 1. The SMILES string of the molecule is Cc1ccc(NC(=O)Cc2c3c(cc4c2OCC4)OCC3)cc1Cl. The third-order valence-electron chi connectivity index (χ3n) is 4.55. The second-order valence-corrected chi connectivity index (χ2v) is 6.61. The fourth-order valence-electron chi connectivity index (χ4n) is 3.31. The second kappa shape index (κ2) is 6.02. The molecule has 1 amide bonds. The molecule has 0 bridgehead atoms. The van der Waals surface area contributed by atoms with Crippen LogP contribution in [0, 0.1) is 6.92 Å². The Hall–Kier alpha value is -2.20. The van der Waals surface area contributed by atoms with Gasteiger partial charge in [0, 0.05) is 40.2 Å². The molecule has 0 aliphatic carbocycles. The van der Waals surface area contributed by atoms with Crippen molar-refractivity contribution in [3.8, 4) is 11.5 Å². The Labute approximate surface area is 145 Å². The third-order valence-corrected chi connectivity index (χ3v) is 4.96. The number of nitrogens with one attached hydrogen (secondary N) is 1. The van der Waals surface area contributed by atoms with Crippen molar-refractivity contribution in [3.05, 3.63) is 51.5 Å². The summed E-state index contributed by atoms with van der Waals surface area (Å²) in [4.78, 5) is 12.5. The highest BCUT2D eigenvalue weighted by Crippen LogP contribution is 2.40. The minimum absolute atomic E-state index is 0.0760. The highest BCUT2D eigenvalue weighted by molar-refractivity contribution is 6.31. The van der Waals surface area contributed by atoms with Crippen molar-refractivity contribution in [1.29, 1.82) is 0 Å². The summed E-state index contributed by atoms with van der Waals surface area (Å²) in [6.07, 6.45) is 1.97. The van der Waals surface area contributed by atoms with Gasteiger partial charge in [0.05, 0.1) is 19.6 Å². The lowest BCUT2D eigenvalue weighted by Crippen LogP contribution is -2.16. The van der Waals surface area contributed by atoms with E-state index in [9.17, 15) is 4.79 Å². The van der Waals surface area contributed by atoms with Crippen LogP contribution in [0.15, 0.2) is 24.3 Å². The van der Waals surface area contributed by atoms with Crippen LogP contribution in [0.1, 0.15) is 22.3 Å². The van der Waals surface area contributed by atoms with Gasteiger partial charge in [-0.2, -0.15) is 0 Å². The number of anilines is 1. The average Bonchev–Trinajstić information content (AvgIpc) is 3.19. The molecule has 2 aliphatic rings. The molecular weight excluding hydrogens is 326 g/mol. The topological polar surface area (TPSA) is 47.6 Å². The van der Waals surface area contributed by atoms with Gasteiger partial charge in [0.15, 0.2) is 0 Å². The molecule has 4 nitrogen and oxygen atoms in total. The Kier molecular flexibility index (Phi) is 3.85. The van der Waals surface area contributed by atoms with Crippen molar-refractivity contribution < 1.29 is 14.3 Å². The Bertz CT molecular complexity index is 800. The van der Waals surface area contributed by atoms with Crippen LogP contribution in [0.5, 0.6) is 11.5 Å². The molecule has 2 aromatic carbocycles. The summed E-state index contributed by atoms with van der Waals surface area (Å²) >= 11 is 6.12. The fraction of sp³-hybridized carbons (Fsp3) is 0.316. The van der Waals surface area contributed by atoms with E-state index in [2.05, 4.69) is 11.4 Å². The minimum Gasteiger partial charge on any atom is -0.493 e. The molecule has 2 aliphatic heterocycles. The minimum atomic E-state index is -0.0760. The van der Waals surface area contributed by atoms with Gasteiger partial charge in [0.2, 0.25) is 5.91 Å². The number of halogens is 1. The zero-order valence-electron chi connectivity index (χ0n) is 13.4. The number of hydrogen-bond donors (Lipinski definition) is 1. The number of carbonyl (C=O) groups is 1. The van der Waals surface area contributed by atoms with E-state index in [0.717, 1.165) is 46.6 Å². The maximum atomic E-state index is 12.5. The number of carbonyl (C=O) groups excluding carboxylic acids is 1. The molecule has 4 rings (SSSR count). The van der Waals surface area contributed by atoms with Gasteiger partial charge in [-0.05, 0) is 30.7 Å². The predicted molar refractivity (Wildman–Crippen MR) is 93.4 cm³/mol. The number of aryl methyl sites for hydroxylation is 1. The molecule has 0 aromatic heterocycles. The van der Waals surface area contributed by atoms with Crippen molar-refractivity contribution in [2.24, 2.45) is 0 Å². The van der Waals surface area contributed by atoms with Crippen LogP contribution < -0.4 is 14.8 Å². The van der Waals surface area contributed by atoms with Crippen LogP contribution in [-0.2, 0) is 24.1 Å². The number of fused-ring (bicyclic) bond motifs is 2. The normalized spacial score (nSPS) is 14.6. The second-order valence-electron chi connectivity index (χ2n) is 6.21. The lowest BCUT2D eigenvalue weighted by molar-refractivity contribution is -0.115. The van der Waals surface area contributed by atoms with E-state index in [1.165, 1.54) is 0 Å². The fourth-order valence-corrected chi connectivity index (χ4v) is 3.49. The first-order chi connectivity index (χ1) is 11.6.